The van der Waals surface area contributed by atoms with Gasteiger partial charge >= 0.3 is 19.1 Å². The average Bonchev–Trinajstić information content (AvgIpc) is 4.10. The van der Waals surface area contributed by atoms with Crippen molar-refractivity contribution >= 4 is 11.6 Å². The molecule has 2 heterocycles. The summed E-state index contributed by atoms with van der Waals surface area (Å²) in [6.45, 7) is 2.94. The van der Waals surface area contributed by atoms with Gasteiger partial charge in [-0.1, -0.05) is 59.6 Å². The number of Topliss-reactive ketones (excluding diaryl/α,β-unsaturated/α-hetero) is 2. The summed E-state index contributed by atoms with van der Waals surface area (Å²) < 4.78 is 146. The van der Waals surface area contributed by atoms with E-state index in [1.807, 2.05) is 24.3 Å². The summed E-state index contributed by atoms with van der Waals surface area (Å²) in [7, 11) is 0. The maximum atomic E-state index is 12.9. The molecule has 2 atom stereocenters. The molecule has 0 unspecified atom stereocenters. The van der Waals surface area contributed by atoms with Crippen LogP contribution in [0.2, 0.25) is 0 Å². The summed E-state index contributed by atoms with van der Waals surface area (Å²) >= 11 is 0. The van der Waals surface area contributed by atoms with Crippen LogP contribution < -0.4 is 23.7 Å². The highest BCUT2D eigenvalue weighted by Crippen LogP contribution is 2.41. The van der Waals surface area contributed by atoms with Gasteiger partial charge in [-0.25, -0.2) is 0 Å². The van der Waals surface area contributed by atoms with Crippen molar-refractivity contribution in [2.24, 2.45) is 0 Å². The molecule has 6 aromatic rings. The van der Waals surface area contributed by atoms with Crippen molar-refractivity contribution in [3.63, 3.8) is 0 Å². The van der Waals surface area contributed by atoms with Gasteiger partial charge in [0, 0.05) is 36.8 Å². The van der Waals surface area contributed by atoms with Gasteiger partial charge < -0.3 is 32.7 Å². The molecule has 1 fully saturated rings. The van der Waals surface area contributed by atoms with Gasteiger partial charge in [-0.2, -0.15) is 0 Å². The number of aromatic nitrogens is 2. The monoisotopic (exact) mass is 962 g/mol. The number of carbonyl (C=O) groups excluding carboxylic acids is 2. The van der Waals surface area contributed by atoms with Crippen LogP contribution in [-0.4, -0.2) is 41.0 Å². The van der Waals surface area contributed by atoms with Gasteiger partial charge in [-0.05, 0) is 109 Å². The van der Waals surface area contributed by atoms with Crippen molar-refractivity contribution < 1.29 is 81.8 Å². The first kappa shape index (κ1) is 50.4. The first-order chi connectivity index (χ1) is 32.2. The van der Waals surface area contributed by atoms with Gasteiger partial charge in [0.2, 0.25) is 0 Å². The molecule has 0 saturated heterocycles. The Kier molecular flexibility index (Phi) is 16.5. The van der Waals surface area contributed by atoms with Crippen LogP contribution in [0.1, 0.15) is 109 Å². The average molecular weight is 963 g/mol. The molecule has 11 nitrogen and oxygen atoms in total. The minimum atomic E-state index is -5.22. The Morgan fingerprint density at radius 1 is 0.559 bits per heavy atom. The predicted molar refractivity (Wildman–Crippen MR) is 223 cm³/mol. The maximum Gasteiger partial charge on any atom is 0.573 e. The Hall–Kier alpha value is -6.99. The Morgan fingerprint density at radius 3 is 1.38 bits per heavy atom. The third-order valence-corrected chi connectivity index (χ3v) is 10.5. The second-order valence-corrected chi connectivity index (χ2v) is 15.8. The molecule has 20 heteroatoms. The molecule has 0 amide bonds. The van der Waals surface area contributed by atoms with E-state index >= 15 is 0 Å². The summed E-state index contributed by atoms with van der Waals surface area (Å²) in [5.74, 6) is -1.96. The molecular weight excluding hydrogens is 920 g/mol. The quantitative estimate of drug-likeness (QED) is 0.0763. The van der Waals surface area contributed by atoms with Crippen LogP contribution in [0, 0.1) is 0 Å². The standard InChI is InChI=1S/C26H26F3NO4.C22H17F6NO5/c1-17(31)14-22(24-12-13-33-30-24)20-7-9-21(10-8-20)32-16-18-6-11-25(34-26(27,28)29)23(15-18)19-4-2-3-5-19;1-13(30)10-17(18-8-9-32-29-18)15-3-5-16(6-4-15)31-12-14-2-7-19(33-21(23,24)25)20(11-14)34-22(26,27)28/h6-13,15,19,22H,2-5,14,16H2,1H3;2-9,11,17H,10,12H2,1H3/t22-;17-/m00/s1. The van der Waals surface area contributed by atoms with E-state index in [4.69, 9.17) is 18.5 Å². The summed E-state index contributed by atoms with van der Waals surface area (Å²) in [4.78, 5) is 23.3. The number of rotatable bonds is 18. The highest BCUT2D eigenvalue weighted by atomic mass is 19.4. The number of benzene rings is 4. The lowest BCUT2D eigenvalue weighted by atomic mass is 9.91. The Bertz CT molecular complexity index is 2540. The molecule has 2 aromatic heterocycles. The highest BCUT2D eigenvalue weighted by molar-refractivity contribution is 5.77. The van der Waals surface area contributed by atoms with Crippen molar-refractivity contribution in [2.45, 2.75) is 102 Å². The lowest BCUT2D eigenvalue weighted by molar-refractivity contribution is -0.287. The number of nitrogens with zero attached hydrogens (tertiary/aromatic N) is 2. The van der Waals surface area contributed by atoms with Crippen LogP contribution in [0.25, 0.3) is 0 Å². The van der Waals surface area contributed by atoms with Crippen LogP contribution in [0.15, 0.2) is 119 Å². The molecule has 0 N–H and O–H groups in total. The van der Waals surface area contributed by atoms with Crippen LogP contribution >= 0.6 is 0 Å². The van der Waals surface area contributed by atoms with E-state index in [0.29, 0.717) is 40.9 Å². The Balaban J connectivity index is 0.000000224. The van der Waals surface area contributed by atoms with Crippen LogP contribution in [0.5, 0.6) is 28.7 Å². The minimum absolute atomic E-state index is 0.0457. The van der Waals surface area contributed by atoms with Gasteiger partial charge in [-0.15, -0.1) is 39.5 Å². The topological polar surface area (TPSA) is 132 Å². The van der Waals surface area contributed by atoms with E-state index in [9.17, 15) is 49.1 Å². The molecule has 0 aliphatic heterocycles. The normalized spacial score (nSPS) is 14.0. The smallest absolute Gasteiger partial charge is 0.489 e. The van der Waals surface area contributed by atoms with E-state index in [2.05, 4.69) is 24.5 Å². The number of alkyl halides is 9. The lowest BCUT2D eigenvalue weighted by Gasteiger charge is -2.19. The molecule has 1 aliphatic rings. The minimum Gasteiger partial charge on any atom is -0.489 e. The summed E-state index contributed by atoms with van der Waals surface area (Å²) in [6, 6.07) is 24.6. The summed E-state index contributed by atoms with van der Waals surface area (Å²) in [6.07, 6.45) is -8.06. The van der Waals surface area contributed by atoms with E-state index in [-0.39, 0.29) is 60.3 Å². The molecule has 362 valence electrons. The van der Waals surface area contributed by atoms with Crippen LogP contribution in [0.3, 0.4) is 0 Å². The van der Waals surface area contributed by atoms with E-state index in [1.54, 1.807) is 48.5 Å². The Labute approximate surface area is 383 Å². The van der Waals surface area contributed by atoms with Crippen molar-refractivity contribution in [3.05, 3.63) is 149 Å². The third kappa shape index (κ3) is 15.5. The largest absolute Gasteiger partial charge is 0.573 e. The van der Waals surface area contributed by atoms with E-state index < -0.39 is 30.6 Å². The molecule has 1 saturated carbocycles. The fraction of sp³-hybridized carbons (Fsp3) is 0.333. The van der Waals surface area contributed by atoms with Gasteiger partial charge in [0.1, 0.15) is 54.6 Å². The molecule has 0 spiro atoms. The zero-order chi connectivity index (χ0) is 49.1. The summed E-state index contributed by atoms with van der Waals surface area (Å²) in [5.41, 5.74) is 4.39. The van der Waals surface area contributed by atoms with Crippen molar-refractivity contribution in [2.75, 3.05) is 0 Å². The molecular formula is C48H43F9N2O9. The molecule has 68 heavy (non-hydrogen) atoms. The number of ether oxygens (including phenoxy) is 5. The van der Waals surface area contributed by atoms with Crippen LogP contribution in [-0.2, 0) is 22.8 Å². The van der Waals surface area contributed by atoms with E-state index in [1.165, 1.54) is 32.4 Å². The van der Waals surface area contributed by atoms with Crippen LogP contribution in [0.4, 0.5) is 39.5 Å². The second kappa shape index (κ2) is 22.2. The fourth-order valence-electron chi connectivity index (χ4n) is 7.61. The first-order valence-corrected chi connectivity index (χ1v) is 21.0. The van der Waals surface area contributed by atoms with Crippen molar-refractivity contribution in [1.29, 1.82) is 0 Å². The van der Waals surface area contributed by atoms with Gasteiger partial charge in [-0.3, -0.25) is 9.59 Å². The number of ketones is 2. The third-order valence-electron chi connectivity index (χ3n) is 10.5. The molecule has 0 bridgehead atoms. The fourth-order valence-corrected chi connectivity index (χ4v) is 7.61. The predicted octanol–water partition coefficient (Wildman–Crippen LogP) is 13.1. The lowest BCUT2D eigenvalue weighted by Crippen LogP contribution is -2.21. The van der Waals surface area contributed by atoms with Crippen molar-refractivity contribution in [3.8, 4) is 28.7 Å². The SMILES string of the molecule is CC(=O)C[C@@H](c1ccc(OCc2ccc(OC(F)(F)F)c(C3CCCC3)c2)cc1)c1ccon1.CC(=O)C[C@@H](c1ccc(OCc2ccc(OC(F)(F)F)c(OC(F)(F)F)c2)cc1)c1ccon1. The zero-order valence-electron chi connectivity index (χ0n) is 36.3. The van der Waals surface area contributed by atoms with Gasteiger partial charge in [0.25, 0.3) is 0 Å². The van der Waals surface area contributed by atoms with Gasteiger partial charge in [0.15, 0.2) is 11.5 Å². The number of carbonyl (C=O) groups is 2. The number of hydrogen-bond acceptors (Lipinski definition) is 11. The second-order valence-electron chi connectivity index (χ2n) is 15.8. The number of halogens is 9. The van der Waals surface area contributed by atoms with Crippen molar-refractivity contribution in [1.82, 2.24) is 10.3 Å². The zero-order valence-corrected chi connectivity index (χ0v) is 36.3. The molecule has 0 radical (unpaired) electrons. The Morgan fingerprint density at radius 2 is 0.971 bits per heavy atom. The highest BCUT2D eigenvalue weighted by Gasteiger charge is 2.37. The first-order valence-electron chi connectivity index (χ1n) is 21.0. The summed E-state index contributed by atoms with van der Waals surface area (Å²) in [5, 5.41) is 7.85. The maximum absolute atomic E-state index is 12.9. The van der Waals surface area contributed by atoms with E-state index in [0.717, 1.165) is 54.5 Å². The number of hydrogen-bond donors (Lipinski definition) is 0. The molecule has 1 aliphatic carbocycles. The molecule has 4 aromatic carbocycles. The van der Waals surface area contributed by atoms with Gasteiger partial charge in [0.05, 0.1) is 11.4 Å². The molecule has 7 rings (SSSR count).